The van der Waals surface area contributed by atoms with E-state index in [1.165, 1.54) is 6.42 Å². The molecular formula is C22H33NO5. The molecule has 0 bridgehead atoms. The van der Waals surface area contributed by atoms with Crippen molar-refractivity contribution in [2.45, 2.75) is 71.5 Å². The van der Waals surface area contributed by atoms with Crippen molar-refractivity contribution in [3.8, 4) is 5.75 Å². The van der Waals surface area contributed by atoms with Crippen LogP contribution in [0, 0.1) is 11.8 Å². The SMILES string of the molecule is COc1ccc(NC(=O)[C@@H](C)[C@@H](OC(=O)OC(C)(C)C)C2CCCCC2)cc1. The van der Waals surface area contributed by atoms with Gasteiger partial charge in [0, 0.05) is 5.69 Å². The minimum Gasteiger partial charge on any atom is -0.497 e. The molecule has 2 rings (SSSR count). The summed E-state index contributed by atoms with van der Waals surface area (Å²) in [6.07, 6.45) is 4.04. The van der Waals surface area contributed by atoms with Crippen molar-refractivity contribution >= 4 is 17.7 Å². The van der Waals surface area contributed by atoms with Crippen molar-refractivity contribution in [1.29, 1.82) is 0 Å². The molecule has 28 heavy (non-hydrogen) atoms. The molecule has 0 unspecified atom stereocenters. The van der Waals surface area contributed by atoms with Crippen molar-refractivity contribution in [3.63, 3.8) is 0 Å². The Morgan fingerprint density at radius 2 is 1.68 bits per heavy atom. The van der Waals surface area contributed by atoms with Gasteiger partial charge in [0.25, 0.3) is 0 Å². The van der Waals surface area contributed by atoms with E-state index >= 15 is 0 Å². The summed E-state index contributed by atoms with van der Waals surface area (Å²) in [6, 6.07) is 7.15. The number of carbonyl (C=O) groups is 2. The number of carbonyl (C=O) groups excluding carboxylic acids is 2. The van der Waals surface area contributed by atoms with Crippen LogP contribution in [-0.4, -0.2) is 30.9 Å². The van der Waals surface area contributed by atoms with Gasteiger partial charge in [0.05, 0.1) is 13.0 Å². The molecule has 1 aliphatic carbocycles. The maximum atomic E-state index is 12.8. The Kier molecular flexibility index (Phi) is 7.72. The third-order valence-corrected chi connectivity index (χ3v) is 5.00. The lowest BCUT2D eigenvalue weighted by Crippen LogP contribution is -2.41. The summed E-state index contributed by atoms with van der Waals surface area (Å²) in [4.78, 5) is 25.1. The number of benzene rings is 1. The number of methoxy groups -OCH3 is 1. The zero-order valence-corrected chi connectivity index (χ0v) is 17.6. The van der Waals surface area contributed by atoms with E-state index in [9.17, 15) is 9.59 Å². The fourth-order valence-corrected chi connectivity index (χ4v) is 3.53. The highest BCUT2D eigenvalue weighted by molar-refractivity contribution is 5.92. The Balaban J connectivity index is 2.08. The first-order valence-corrected chi connectivity index (χ1v) is 10.0. The molecule has 1 aromatic carbocycles. The van der Waals surface area contributed by atoms with E-state index in [-0.39, 0.29) is 11.8 Å². The lowest BCUT2D eigenvalue weighted by atomic mass is 9.80. The number of rotatable bonds is 6. The molecule has 6 heteroatoms. The molecule has 1 N–H and O–H groups in total. The van der Waals surface area contributed by atoms with Gasteiger partial charge in [0.15, 0.2) is 0 Å². The van der Waals surface area contributed by atoms with Crippen LogP contribution in [0.3, 0.4) is 0 Å². The van der Waals surface area contributed by atoms with Crippen LogP contribution in [0.4, 0.5) is 10.5 Å². The van der Waals surface area contributed by atoms with Gasteiger partial charge in [-0.05, 0) is 63.8 Å². The predicted molar refractivity (Wildman–Crippen MR) is 108 cm³/mol. The molecule has 156 valence electrons. The number of hydrogen-bond donors (Lipinski definition) is 1. The van der Waals surface area contributed by atoms with Crippen molar-refractivity contribution in [3.05, 3.63) is 24.3 Å². The van der Waals surface area contributed by atoms with Crippen LogP contribution in [0.2, 0.25) is 0 Å². The van der Waals surface area contributed by atoms with Gasteiger partial charge in [-0.25, -0.2) is 4.79 Å². The summed E-state index contributed by atoms with van der Waals surface area (Å²) >= 11 is 0. The third kappa shape index (κ3) is 6.73. The molecule has 0 spiro atoms. The summed E-state index contributed by atoms with van der Waals surface area (Å²) in [5, 5.41) is 2.91. The molecule has 0 saturated heterocycles. The average Bonchev–Trinajstić information content (AvgIpc) is 2.65. The monoisotopic (exact) mass is 391 g/mol. The average molecular weight is 392 g/mol. The second kappa shape index (κ2) is 9.80. The van der Waals surface area contributed by atoms with Crippen LogP contribution in [0.15, 0.2) is 24.3 Å². The first-order chi connectivity index (χ1) is 13.2. The van der Waals surface area contributed by atoms with Crippen LogP contribution >= 0.6 is 0 Å². The quantitative estimate of drug-likeness (QED) is 0.677. The van der Waals surface area contributed by atoms with Crippen molar-refractivity contribution in [2.75, 3.05) is 12.4 Å². The Hall–Kier alpha value is -2.24. The molecular weight excluding hydrogens is 358 g/mol. The number of anilines is 1. The summed E-state index contributed by atoms with van der Waals surface area (Å²) in [5.41, 5.74) is 0.0419. The third-order valence-electron chi connectivity index (χ3n) is 5.00. The fraction of sp³-hybridized carbons (Fsp3) is 0.636. The molecule has 1 aliphatic rings. The number of amides is 1. The van der Waals surface area contributed by atoms with Crippen LogP contribution < -0.4 is 10.1 Å². The normalized spacial score (nSPS) is 17.3. The van der Waals surface area contributed by atoms with E-state index in [1.807, 2.05) is 6.92 Å². The molecule has 1 aromatic rings. The standard InChI is InChI=1S/C22H33NO5/c1-15(20(24)23-17-11-13-18(26-5)14-12-17)19(16-9-7-6-8-10-16)27-21(25)28-22(2,3)4/h11-16,19H,6-10H2,1-5H3,(H,23,24)/t15-,19+/m0/s1. The molecule has 6 nitrogen and oxygen atoms in total. The molecule has 1 fully saturated rings. The molecule has 2 atom stereocenters. The number of ether oxygens (including phenoxy) is 3. The maximum Gasteiger partial charge on any atom is 0.509 e. The van der Waals surface area contributed by atoms with Crippen molar-refractivity contribution < 1.29 is 23.8 Å². The smallest absolute Gasteiger partial charge is 0.497 e. The van der Waals surface area contributed by atoms with E-state index in [2.05, 4.69) is 5.32 Å². The van der Waals surface area contributed by atoms with Crippen LogP contribution in [0.5, 0.6) is 5.75 Å². The van der Waals surface area contributed by atoms with Crippen molar-refractivity contribution in [2.24, 2.45) is 11.8 Å². The lowest BCUT2D eigenvalue weighted by Gasteiger charge is -2.33. The first kappa shape index (κ1) is 22.1. The highest BCUT2D eigenvalue weighted by atomic mass is 16.7. The molecule has 0 aromatic heterocycles. The van der Waals surface area contributed by atoms with Crippen LogP contribution in [0.25, 0.3) is 0 Å². The van der Waals surface area contributed by atoms with Crippen LogP contribution in [0.1, 0.15) is 59.8 Å². The topological polar surface area (TPSA) is 73.9 Å². The van der Waals surface area contributed by atoms with Crippen molar-refractivity contribution in [1.82, 2.24) is 0 Å². The van der Waals surface area contributed by atoms with Gasteiger partial charge < -0.3 is 19.5 Å². The molecule has 0 heterocycles. The molecule has 1 saturated carbocycles. The van der Waals surface area contributed by atoms with Gasteiger partial charge in [-0.1, -0.05) is 26.2 Å². The minimum atomic E-state index is -0.716. The van der Waals surface area contributed by atoms with E-state index < -0.39 is 23.8 Å². The summed E-state index contributed by atoms with van der Waals surface area (Å²) in [7, 11) is 1.60. The van der Waals surface area contributed by atoms with E-state index in [0.29, 0.717) is 5.69 Å². The number of hydrogen-bond acceptors (Lipinski definition) is 5. The Bertz CT molecular complexity index is 644. The first-order valence-electron chi connectivity index (χ1n) is 10.0. The predicted octanol–water partition coefficient (Wildman–Crippen LogP) is 5.17. The van der Waals surface area contributed by atoms with Gasteiger partial charge in [0.1, 0.15) is 17.5 Å². The van der Waals surface area contributed by atoms with Crippen LogP contribution in [-0.2, 0) is 14.3 Å². The minimum absolute atomic E-state index is 0.165. The second-order valence-electron chi connectivity index (χ2n) is 8.45. The molecule has 0 radical (unpaired) electrons. The van der Waals surface area contributed by atoms with E-state index in [0.717, 1.165) is 31.4 Å². The zero-order chi connectivity index (χ0) is 20.7. The van der Waals surface area contributed by atoms with Gasteiger partial charge >= 0.3 is 6.16 Å². The van der Waals surface area contributed by atoms with Gasteiger partial charge in [-0.15, -0.1) is 0 Å². The summed E-state index contributed by atoms with van der Waals surface area (Å²) < 4.78 is 16.1. The molecule has 1 amide bonds. The Morgan fingerprint density at radius 1 is 1.07 bits per heavy atom. The van der Waals surface area contributed by atoms with Gasteiger partial charge in [-0.3, -0.25) is 4.79 Å². The summed E-state index contributed by atoms with van der Waals surface area (Å²) in [5.74, 6) is 0.222. The highest BCUT2D eigenvalue weighted by Crippen LogP contribution is 2.32. The maximum absolute atomic E-state index is 12.8. The second-order valence-corrected chi connectivity index (χ2v) is 8.45. The summed E-state index contributed by atoms with van der Waals surface area (Å²) in [6.45, 7) is 7.19. The zero-order valence-electron chi connectivity index (χ0n) is 17.6. The van der Waals surface area contributed by atoms with E-state index in [4.69, 9.17) is 14.2 Å². The van der Waals surface area contributed by atoms with E-state index in [1.54, 1.807) is 52.1 Å². The lowest BCUT2D eigenvalue weighted by molar-refractivity contribution is -0.126. The largest absolute Gasteiger partial charge is 0.509 e. The van der Waals surface area contributed by atoms with Gasteiger partial charge in [0.2, 0.25) is 5.91 Å². The van der Waals surface area contributed by atoms with Gasteiger partial charge in [-0.2, -0.15) is 0 Å². The fourth-order valence-electron chi connectivity index (χ4n) is 3.53. The highest BCUT2D eigenvalue weighted by Gasteiger charge is 2.36. The molecule has 0 aliphatic heterocycles. The Labute approximate surface area is 167 Å². The Morgan fingerprint density at radius 3 is 2.21 bits per heavy atom. The number of nitrogens with one attached hydrogen (secondary N) is 1.